The third kappa shape index (κ3) is 6.61. The van der Waals surface area contributed by atoms with Crippen molar-refractivity contribution in [2.75, 3.05) is 6.61 Å². The number of carbonyl (C=O) groups excluding carboxylic acids is 1. The van der Waals surface area contributed by atoms with Crippen LogP contribution < -0.4 is 5.32 Å². The maximum atomic E-state index is 11.0. The Morgan fingerprint density at radius 3 is 2.17 bits per heavy atom. The highest BCUT2D eigenvalue weighted by atomic mass is 32.3. The van der Waals surface area contributed by atoms with Crippen LogP contribution in [0.1, 0.15) is 6.92 Å². The van der Waals surface area contributed by atoms with Crippen molar-refractivity contribution in [3.63, 3.8) is 0 Å². The van der Waals surface area contributed by atoms with Crippen molar-refractivity contribution in [2.24, 2.45) is 0 Å². The van der Waals surface area contributed by atoms with E-state index in [0.29, 0.717) is 0 Å². The molecule has 0 radical (unpaired) electrons. The van der Waals surface area contributed by atoms with E-state index < -0.39 is 64.0 Å². The molecule has 1 unspecified atom stereocenters. The molecular formula is C8H15NO12S2. The maximum Gasteiger partial charge on any atom is 0.397 e. The van der Waals surface area contributed by atoms with Crippen LogP contribution in [0.25, 0.3) is 0 Å². The van der Waals surface area contributed by atoms with E-state index >= 15 is 0 Å². The SMILES string of the molecule is CC(=O)N[C@H]1C(O)O[C@H](COS(=O)(=O)O)[C@@H](OS(=O)(=O)O)[C@@H]1O. The molecule has 0 aromatic rings. The molecule has 1 rings (SSSR count). The maximum absolute atomic E-state index is 11.0. The molecule has 23 heavy (non-hydrogen) atoms. The Balaban J connectivity index is 3.01. The van der Waals surface area contributed by atoms with Crippen LogP contribution in [0.5, 0.6) is 0 Å². The number of ether oxygens (including phenoxy) is 1. The van der Waals surface area contributed by atoms with Crippen LogP contribution in [0, 0.1) is 0 Å². The summed E-state index contributed by atoms with van der Waals surface area (Å²) in [5.74, 6) is -0.713. The minimum Gasteiger partial charge on any atom is -0.388 e. The average molecular weight is 381 g/mol. The molecule has 1 heterocycles. The van der Waals surface area contributed by atoms with Gasteiger partial charge in [-0.3, -0.25) is 13.9 Å². The van der Waals surface area contributed by atoms with Crippen LogP contribution in [0.4, 0.5) is 0 Å². The predicted molar refractivity (Wildman–Crippen MR) is 68.4 cm³/mol. The average Bonchev–Trinajstić information content (AvgIpc) is 2.33. The molecule has 0 saturated carbocycles. The molecule has 0 bridgehead atoms. The quantitative estimate of drug-likeness (QED) is 0.285. The standard InChI is InChI=1S/C8H15NO12S2/c1-3(10)9-5-6(11)7(21-23(16,17)18)4(20-8(5)12)2-19-22(13,14)15/h4-8,11-12H,2H2,1H3,(H,9,10)(H,13,14,15)(H,16,17,18)/t4-,5-,6-,7-,8?/m1/s1. The summed E-state index contributed by atoms with van der Waals surface area (Å²) in [6.07, 6.45) is -7.49. The van der Waals surface area contributed by atoms with E-state index in [9.17, 15) is 31.8 Å². The van der Waals surface area contributed by atoms with Crippen molar-refractivity contribution in [1.82, 2.24) is 5.32 Å². The lowest BCUT2D eigenvalue weighted by molar-refractivity contribution is -0.247. The van der Waals surface area contributed by atoms with Crippen LogP contribution in [-0.2, 0) is 38.7 Å². The van der Waals surface area contributed by atoms with Crippen molar-refractivity contribution in [3.8, 4) is 0 Å². The predicted octanol–water partition coefficient (Wildman–Crippen LogP) is -3.42. The zero-order valence-electron chi connectivity index (χ0n) is 11.5. The fraction of sp³-hybridized carbons (Fsp3) is 0.875. The zero-order chi connectivity index (χ0) is 18.0. The fourth-order valence-corrected chi connectivity index (χ4v) is 2.70. The lowest BCUT2D eigenvalue weighted by Crippen LogP contribution is -2.65. The molecule has 1 aliphatic rings. The first-order valence-corrected chi connectivity index (χ1v) is 8.59. The van der Waals surface area contributed by atoms with Gasteiger partial charge >= 0.3 is 20.8 Å². The largest absolute Gasteiger partial charge is 0.397 e. The second kappa shape index (κ2) is 7.32. The number of aliphatic hydroxyl groups is 2. The van der Waals surface area contributed by atoms with Gasteiger partial charge in [0.2, 0.25) is 5.91 Å². The summed E-state index contributed by atoms with van der Waals surface area (Å²) in [7, 11) is -10.1. The molecule has 13 nitrogen and oxygen atoms in total. The van der Waals surface area contributed by atoms with E-state index in [2.05, 4.69) is 13.7 Å². The highest BCUT2D eigenvalue weighted by Crippen LogP contribution is 2.24. The molecule has 1 saturated heterocycles. The van der Waals surface area contributed by atoms with E-state index in [1.54, 1.807) is 0 Å². The Morgan fingerprint density at radius 2 is 1.74 bits per heavy atom. The van der Waals surface area contributed by atoms with Gasteiger partial charge in [0.25, 0.3) is 0 Å². The molecular weight excluding hydrogens is 366 g/mol. The van der Waals surface area contributed by atoms with Crippen LogP contribution in [-0.4, -0.2) is 79.3 Å². The summed E-state index contributed by atoms with van der Waals surface area (Å²) in [5, 5.41) is 21.7. The molecule has 136 valence electrons. The molecule has 1 amide bonds. The highest BCUT2D eigenvalue weighted by Gasteiger charge is 2.48. The summed E-state index contributed by atoms with van der Waals surface area (Å²) < 4.78 is 72.8. The van der Waals surface area contributed by atoms with E-state index in [0.717, 1.165) is 6.92 Å². The summed E-state index contributed by atoms with van der Waals surface area (Å²) >= 11 is 0. The van der Waals surface area contributed by atoms with Gasteiger partial charge in [0.1, 0.15) is 24.4 Å². The Kier molecular flexibility index (Phi) is 6.41. The van der Waals surface area contributed by atoms with E-state index in [1.165, 1.54) is 0 Å². The van der Waals surface area contributed by atoms with Gasteiger partial charge in [-0.1, -0.05) is 0 Å². The van der Waals surface area contributed by atoms with Crippen LogP contribution in [0.3, 0.4) is 0 Å². The van der Waals surface area contributed by atoms with Crippen molar-refractivity contribution in [1.29, 1.82) is 0 Å². The second-order valence-electron chi connectivity index (χ2n) is 4.48. The summed E-state index contributed by atoms with van der Waals surface area (Å²) in [5.41, 5.74) is 0. The van der Waals surface area contributed by atoms with Gasteiger partial charge in [0.15, 0.2) is 6.29 Å². The number of amides is 1. The second-order valence-corrected chi connectivity index (χ2v) is 6.62. The number of hydrogen-bond acceptors (Lipinski definition) is 10. The van der Waals surface area contributed by atoms with E-state index in [-0.39, 0.29) is 0 Å². The minimum atomic E-state index is -5.11. The van der Waals surface area contributed by atoms with Gasteiger partial charge < -0.3 is 20.3 Å². The van der Waals surface area contributed by atoms with Crippen molar-refractivity contribution in [2.45, 2.75) is 37.6 Å². The van der Waals surface area contributed by atoms with Crippen molar-refractivity contribution < 1.29 is 54.1 Å². The number of hydrogen-bond donors (Lipinski definition) is 5. The molecule has 0 aromatic heterocycles. The molecule has 1 fully saturated rings. The van der Waals surface area contributed by atoms with Crippen LogP contribution in [0.15, 0.2) is 0 Å². The smallest absolute Gasteiger partial charge is 0.388 e. The lowest BCUT2D eigenvalue weighted by atomic mass is 9.97. The van der Waals surface area contributed by atoms with Gasteiger partial charge in [0.05, 0.1) is 6.61 Å². The zero-order valence-corrected chi connectivity index (χ0v) is 13.1. The normalized spacial score (nSPS) is 32.5. The van der Waals surface area contributed by atoms with E-state index in [4.69, 9.17) is 13.8 Å². The number of carbonyl (C=O) groups is 1. The van der Waals surface area contributed by atoms with Crippen LogP contribution >= 0.6 is 0 Å². The van der Waals surface area contributed by atoms with Gasteiger partial charge in [-0.15, -0.1) is 0 Å². The summed E-state index contributed by atoms with van der Waals surface area (Å²) in [4.78, 5) is 11.0. The Morgan fingerprint density at radius 1 is 1.17 bits per heavy atom. The number of rotatable bonds is 6. The molecule has 0 aromatic carbocycles. The molecule has 5 N–H and O–H groups in total. The van der Waals surface area contributed by atoms with Crippen molar-refractivity contribution >= 4 is 26.7 Å². The van der Waals surface area contributed by atoms with Gasteiger partial charge in [-0.25, -0.2) is 8.37 Å². The topological polar surface area (TPSA) is 206 Å². The fourth-order valence-electron chi connectivity index (χ4n) is 1.87. The Hall–Kier alpha value is -0.910. The first kappa shape index (κ1) is 20.1. The van der Waals surface area contributed by atoms with Gasteiger partial charge in [-0.2, -0.15) is 16.8 Å². The molecule has 1 aliphatic heterocycles. The number of nitrogens with one attached hydrogen (secondary N) is 1. The third-order valence-electron chi connectivity index (χ3n) is 2.68. The van der Waals surface area contributed by atoms with Crippen LogP contribution in [0.2, 0.25) is 0 Å². The lowest BCUT2D eigenvalue weighted by Gasteiger charge is -2.41. The summed E-state index contributed by atoms with van der Waals surface area (Å²) in [6.45, 7) is -0.0223. The molecule has 15 heteroatoms. The van der Waals surface area contributed by atoms with Gasteiger partial charge in [0, 0.05) is 6.92 Å². The monoisotopic (exact) mass is 381 g/mol. The Bertz CT molecular complexity index is 629. The molecule has 0 aliphatic carbocycles. The minimum absolute atomic E-state index is 0.713. The first-order valence-electron chi connectivity index (χ1n) is 5.86. The molecule has 5 atom stereocenters. The molecule has 0 spiro atoms. The first-order chi connectivity index (χ1) is 10.3. The Labute approximate surface area is 131 Å². The highest BCUT2D eigenvalue weighted by molar-refractivity contribution is 7.81. The van der Waals surface area contributed by atoms with Gasteiger partial charge in [-0.05, 0) is 0 Å². The van der Waals surface area contributed by atoms with E-state index in [1.807, 2.05) is 0 Å². The third-order valence-corrected chi connectivity index (χ3v) is 3.58. The van der Waals surface area contributed by atoms with Crippen molar-refractivity contribution in [3.05, 3.63) is 0 Å². The number of aliphatic hydroxyl groups excluding tert-OH is 2. The summed E-state index contributed by atoms with van der Waals surface area (Å²) in [6, 6.07) is -1.54.